The molecule has 0 radical (unpaired) electrons. The number of amides is 3. The second-order valence-electron chi connectivity index (χ2n) is 6.88. The molecule has 1 aromatic heterocycles. The Morgan fingerprint density at radius 2 is 1.91 bits per heavy atom. The Hall–Kier alpha value is -3.89. The Kier molecular flexibility index (Phi) is 6.29. The van der Waals surface area contributed by atoms with Gasteiger partial charge in [-0.15, -0.1) is 0 Å². The molecule has 33 heavy (non-hydrogen) atoms. The number of aromatic nitrogens is 1. The summed E-state index contributed by atoms with van der Waals surface area (Å²) < 4.78 is 1.66. The molecule has 1 saturated heterocycles. The summed E-state index contributed by atoms with van der Waals surface area (Å²) in [5, 5.41) is 13.4. The molecule has 1 fully saturated rings. The number of non-ortho nitro benzene ring substituents is 1. The van der Waals surface area contributed by atoms with Gasteiger partial charge in [0.2, 0.25) is 5.91 Å². The number of nitrogens with zero attached hydrogens (tertiary/aromatic N) is 3. The Balaban J connectivity index is 1.53. The number of hydrogen-bond donors (Lipinski definition) is 1. The van der Waals surface area contributed by atoms with Gasteiger partial charge in [-0.2, -0.15) is 0 Å². The number of para-hydroxylation sites is 1. The van der Waals surface area contributed by atoms with Crippen molar-refractivity contribution < 1.29 is 19.3 Å². The number of carbonyl (C=O) groups is 3. The van der Waals surface area contributed by atoms with Gasteiger partial charge in [0, 0.05) is 24.0 Å². The fraction of sp³-hybridized carbons (Fsp3) is 0.0455. The van der Waals surface area contributed by atoms with Crippen molar-refractivity contribution in [1.29, 1.82) is 0 Å². The van der Waals surface area contributed by atoms with Crippen molar-refractivity contribution in [2.24, 2.45) is 0 Å². The van der Waals surface area contributed by atoms with Crippen molar-refractivity contribution in [2.75, 3.05) is 11.9 Å². The highest BCUT2D eigenvalue weighted by Gasteiger charge is 2.36. The average molecular weight is 483 g/mol. The quantitative estimate of drug-likeness (QED) is 0.309. The van der Waals surface area contributed by atoms with Crippen LogP contribution in [-0.4, -0.2) is 38.0 Å². The number of anilines is 1. The number of halogens is 1. The van der Waals surface area contributed by atoms with Crippen LogP contribution in [0.5, 0.6) is 0 Å². The van der Waals surface area contributed by atoms with Crippen molar-refractivity contribution in [3.63, 3.8) is 0 Å². The average Bonchev–Trinajstić information content (AvgIpc) is 3.35. The number of rotatable bonds is 6. The minimum atomic E-state index is -0.605. The molecule has 0 spiro atoms. The molecule has 0 atom stereocenters. The molecule has 0 aliphatic carbocycles. The van der Waals surface area contributed by atoms with E-state index in [1.807, 2.05) is 0 Å². The molecule has 0 unspecified atom stereocenters. The summed E-state index contributed by atoms with van der Waals surface area (Å²) in [5.41, 5.74) is 1.37. The summed E-state index contributed by atoms with van der Waals surface area (Å²) in [5.74, 6) is -1.17. The molecule has 2 heterocycles. The first-order chi connectivity index (χ1) is 15.8. The number of thioether (sulfide) groups is 1. The van der Waals surface area contributed by atoms with Crippen LogP contribution in [0.15, 0.2) is 71.8 Å². The summed E-state index contributed by atoms with van der Waals surface area (Å²) in [6.07, 6.45) is 3.20. The van der Waals surface area contributed by atoms with Crippen molar-refractivity contribution in [2.45, 2.75) is 0 Å². The van der Waals surface area contributed by atoms with Crippen LogP contribution in [0.1, 0.15) is 5.69 Å². The SMILES string of the molecule is O=C(CN1C(=O)S/C(=C/c2cccn2-c2cccc([N+](=O)[O-])c2)C1=O)Nc1ccccc1Cl. The van der Waals surface area contributed by atoms with Gasteiger partial charge in [0.05, 0.1) is 26.2 Å². The Morgan fingerprint density at radius 3 is 2.67 bits per heavy atom. The maximum Gasteiger partial charge on any atom is 0.294 e. The molecule has 166 valence electrons. The lowest BCUT2D eigenvalue weighted by Gasteiger charge is -2.13. The third-order valence-corrected chi connectivity index (χ3v) is 5.94. The highest BCUT2D eigenvalue weighted by atomic mass is 35.5. The molecule has 4 rings (SSSR count). The standard InChI is InChI=1S/C22H15ClN4O5S/c23-17-8-1-2-9-18(17)24-20(28)13-26-21(29)19(33-22(26)30)12-15-7-4-10-25(15)14-5-3-6-16(11-14)27(31)32/h1-12H,13H2,(H,24,28)/b19-12+. The smallest absolute Gasteiger partial charge is 0.294 e. The molecule has 1 aliphatic heterocycles. The van der Waals surface area contributed by atoms with Crippen LogP contribution in [0.4, 0.5) is 16.2 Å². The van der Waals surface area contributed by atoms with Gasteiger partial charge in [0.15, 0.2) is 0 Å². The third-order valence-electron chi connectivity index (χ3n) is 4.70. The van der Waals surface area contributed by atoms with Crippen LogP contribution in [-0.2, 0) is 9.59 Å². The largest absolute Gasteiger partial charge is 0.323 e. The minimum Gasteiger partial charge on any atom is -0.323 e. The molecule has 9 nitrogen and oxygen atoms in total. The van der Waals surface area contributed by atoms with Crippen LogP contribution in [0.3, 0.4) is 0 Å². The summed E-state index contributed by atoms with van der Waals surface area (Å²) in [7, 11) is 0. The number of nitrogens with one attached hydrogen (secondary N) is 1. The lowest BCUT2D eigenvalue weighted by Crippen LogP contribution is -2.36. The maximum atomic E-state index is 12.8. The second-order valence-corrected chi connectivity index (χ2v) is 8.28. The zero-order valence-corrected chi connectivity index (χ0v) is 18.4. The molecule has 11 heteroatoms. The summed E-state index contributed by atoms with van der Waals surface area (Å²) >= 11 is 6.74. The number of nitro groups is 1. The van der Waals surface area contributed by atoms with E-state index in [1.165, 1.54) is 18.2 Å². The van der Waals surface area contributed by atoms with Crippen LogP contribution < -0.4 is 5.32 Å². The summed E-state index contributed by atoms with van der Waals surface area (Å²) in [6.45, 7) is -0.459. The van der Waals surface area contributed by atoms with Gasteiger partial charge in [-0.3, -0.25) is 29.4 Å². The number of carbonyl (C=O) groups excluding carboxylic acids is 3. The lowest BCUT2D eigenvalue weighted by molar-refractivity contribution is -0.384. The summed E-state index contributed by atoms with van der Waals surface area (Å²) in [4.78, 5) is 49.1. The molecule has 2 aromatic carbocycles. The van der Waals surface area contributed by atoms with Gasteiger partial charge < -0.3 is 9.88 Å². The fourth-order valence-corrected chi connectivity index (χ4v) is 4.18. The van der Waals surface area contributed by atoms with E-state index in [-0.39, 0.29) is 10.6 Å². The van der Waals surface area contributed by atoms with E-state index in [4.69, 9.17) is 11.6 Å². The predicted molar refractivity (Wildman–Crippen MR) is 125 cm³/mol. The van der Waals surface area contributed by atoms with Gasteiger partial charge in [-0.05, 0) is 48.2 Å². The van der Waals surface area contributed by atoms with E-state index < -0.39 is 28.5 Å². The molecular weight excluding hydrogens is 468 g/mol. The van der Waals surface area contributed by atoms with Crippen molar-refractivity contribution in [3.05, 3.63) is 92.6 Å². The van der Waals surface area contributed by atoms with Gasteiger partial charge in [0.25, 0.3) is 16.8 Å². The third kappa shape index (κ3) is 4.81. The zero-order chi connectivity index (χ0) is 23.5. The molecule has 0 bridgehead atoms. The minimum absolute atomic E-state index is 0.0722. The monoisotopic (exact) mass is 482 g/mol. The highest BCUT2D eigenvalue weighted by Crippen LogP contribution is 2.33. The topological polar surface area (TPSA) is 115 Å². The number of imide groups is 1. The number of nitro benzene ring substituents is 1. The molecule has 3 aromatic rings. The van der Waals surface area contributed by atoms with Crippen LogP contribution in [0.2, 0.25) is 5.02 Å². The van der Waals surface area contributed by atoms with Crippen LogP contribution >= 0.6 is 23.4 Å². The second kappa shape index (κ2) is 9.31. The maximum absolute atomic E-state index is 12.8. The summed E-state index contributed by atoms with van der Waals surface area (Å²) in [6, 6.07) is 16.1. The van der Waals surface area contributed by atoms with Gasteiger partial charge >= 0.3 is 0 Å². The van der Waals surface area contributed by atoms with Gasteiger partial charge in [-0.25, -0.2) is 0 Å². The number of hydrogen-bond acceptors (Lipinski definition) is 6. The van der Waals surface area contributed by atoms with Gasteiger partial charge in [0.1, 0.15) is 6.54 Å². The van der Waals surface area contributed by atoms with Crippen molar-refractivity contribution in [3.8, 4) is 5.69 Å². The van der Waals surface area contributed by atoms with E-state index in [1.54, 1.807) is 59.3 Å². The normalized spacial score (nSPS) is 14.7. The molecular formula is C22H15ClN4O5S. The predicted octanol–water partition coefficient (Wildman–Crippen LogP) is 4.71. The molecule has 3 amide bonds. The van der Waals surface area contributed by atoms with Crippen molar-refractivity contribution in [1.82, 2.24) is 9.47 Å². The molecule has 0 saturated carbocycles. The van der Waals surface area contributed by atoms with Crippen LogP contribution in [0.25, 0.3) is 11.8 Å². The van der Waals surface area contributed by atoms with E-state index >= 15 is 0 Å². The lowest BCUT2D eigenvalue weighted by atomic mass is 10.2. The highest BCUT2D eigenvalue weighted by molar-refractivity contribution is 8.18. The Labute approximate surface area is 196 Å². The molecule has 1 aliphatic rings. The Bertz CT molecular complexity index is 1320. The Morgan fingerprint density at radius 1 is 1.12 bits per heavy atom. The van der Waals surface area contributed by atoms with E-state index in [0.29, 0.717) is 33.9 Å². The van der Waals surface area contributed by atoms with Gasteiger partial charge in [-0.1, -0.05) is 29.8 Å². The zero-order valence-electron chi connectivity index (χ0n) is 16.8. The number of benzene rings is 2. The molecule has 1 N–H and O–H groups in total. The first kappa shape index (κ1) is 22.3. The van der Waals surface area contributed by atoms with E-state index in [9.17, 15) is 24.5 Å². The van der Waals surface area contributed by atoms with Crippen molar-refractivity contribution >= 4 is 57.9 Å². The van der Waals surface area contributed by atoms with E-state index in [0.717, 1.165) is 4.90 Å². The van der Waals surface area contributed by atoms with Crippen LogP contribution in [0, 0.1) is 10.1 Å². The first-order valence-electron chi connectivity index (χ1n) is 9.55. The fourth-order valence-electron chi connectivity index (χ4n) is 3.17. The van der Waals surface area contributed by atoms with E-state index in [2.05, 4.69) is 5.32 Å². The first-order valence-corrected chi connectivity index (χ1v) is 10.7.